The molecule has 0 spiro atoms. The maximum atomic E-state index is 12.5. The van der Waals surface area contributed by atoms with Crippen LogP contribution in [0, 0.1) is 0 Å². The Morgan fingerprint density at radius 3 is 2.06 bits per heavy atom. The van der Waals surface area contributed by atoms with Gasteiger partial charge in [-0.1, -0.05) is 84.0 Å². The van der Waals surface area contributed by atoms with Crippen molar-refractivity contribution in [2.45, 2.75) is 59.0 Å². The summed E-state index contributed by atoms with van der Waals surface area (Å²) in [5, 5.41) is 2.89. The van der Waals surface area contributed by atoms with Crippen LogP contribution in [0.5, 0.6) is 11.5 Å². The van der Waals surface area contributed by atoms with Crippen LogP contribution in [0.4, 0.5) is 5.69 Å². The summed E-state index contributed by atoms with van der Waals surface area (Å²) in [6, 6.07) is 23.6. The van der Waals surface area contributed by atoms with Crippen molar-refractivity contribution in [2.75, 3.05) is 11.9 Å². The summed E-state index contributed by atoms with van der Waals surface area (Å²) in [4.78, 5) is 12.5. The van der Waals surface area contributed by atoms with Gasteiger partial charge in [-0.05, 0) is 57.9 Å². The lowest BCUT2D eigenvalue weighted by Gasteiger charge is -2.27. The van der Waals surface area contributed by atoms with E-state index < -0.39 is 0 Å². The van der Waals surface area contributed by atoms with Gasteiger partial charge >= 0.3 is 0 Å². The van der Waals surface area contributed by atoms with E-state index in [0.717, 1.165) is 22.6 Å². The van der Waals surface area contributed by atoms with Crippen molar-refractivity contribution in [3.8, 4) is 11.5 Å². The molecule has 0 unspecified atom stereocenters. The van der Waals surface area contributed by atoms with Crippen LogP contribution in [0.1, 0.15) is 58.2 Å². The highest BCUT2D eigenvalue weighted by Gasteiger charge is 2.23. The van der Waals surface area contributed by atoms with E-state index in [2.05, 4.69) is 59.0 Å². The topological polar surface area (TPSA) is 47.6 Å². The number of rotatable bonds is 7. The Balaban J connectivity index is 1.58. The van der Waals surface area contributed by atoms with Gasteiger partial charge in [-0.3, -0.25) is 4.79 Å². The lowest BCUT2D eigenvalue weighted by Crippen LogP contribution is -2.22. The Hall–Kier alpha value is -3.27. The molecule has 1 amide bonds. The molecule has 0 aromatic heterocycles. The molecule has 0 aliphatic carbocycles. The molecular weight excluding hydrogens is 410 g/mol. The predicted molar refractivity (Wildman–Crippen MR) is 135 cm³/mol. The van der Waals surface area contributed by atoms with Gasteiger partial charge in [0.25, 0.3) is 5.91 Å². The summed E-state index contributed by atoms with van der Waals surface area (Å²) in [6.45, 7) is 13.5. The first kappa shape index (κ1) is 24.4. The highest BCUT2D eigenvalue weighted by molar-refractivity contribution is 5.91. The van der Waals surface area contributed by atoms with E-state index in [4.69, 9.17) is 9.47 Å². The van der Waals surface area contributed by atoms with E-state index in [9.17, 15) is 4.79 Å². The van der Waals surface area contributed by atoms with Crippen LogP contribution in [0.15, 0.2) is 72.8 Å². The maximum absolute atomic E-state index is 12.5. The summed E-state index contributed by atoms with van der Waals surface area (Å²) >= 11 is 0. The highest BCUT2D eigenvalue weighted by atomic mass is 16.5. The fraction of sp³-hybridized carbons (Fsp3) is 0.345. The minimum atomic E-state index is -0.201. The number of nitrogens with one attached hydrogen (secondary N) is 1. The Morgan fingerprint density at radius 2 is 1.45 bits per heavy atom. The molecule has 0 heterocycles. The lowest BCUT2D eigenvalue weighted by molar-refractivity contribution is -0.118. The maximum Gasteiger partial charge on any atom is 0.262 e. The normalized spacial score (nSPS) is 11.7. The van der Waals surface area contributed by atoms with Crippen LogP contribution in [0.2, 0.25) is 0 Å². The van der Waals surface area contributed by atoms with Crippen LogP contribution in [0.25, 0.3) is 0 Å². The van der Waals surface area contributed by atoms with Crippen molar-refractivity contribution >= 4 is 11.6 Å². The van der Waals surface area contributed by atoms with Crippen molar-refractivity contribution in [2.24, 2.45) is 0 Å². The first-order valence-corrected chi connectivity index (χ1v) is 11.4. The van der Waals surface area contributed by atoms with Gasteiger partial charge in [0.1, 0.15) is 18.1 Å². The highest BCUT2D eigenvalue weighted by Crippen LogP contribution is 2.35. The number of carbonyl (C=O) groups excluding carboxylic acids is 1. The zero-order valence-electron chi connectivity index (χ0n) is 20.6. The Kier molecular flexibility index (Phi) is 7.47. The van der Waals surface area contributed by atoms with Crippen LogP contribution < -0.4 is 14.8 Å². The molecule has 4 nitrogen and oxygen atoms in total. The van der Waals surface area contributed by atoms with Gasteiger partial charge in [0.05, 0.1) is 0 Å². The zero-order chi connectivity index (χ0) is 24.1. The number of benzene rings is 3. The summed E-state index contributed by atoms with van der Waals surface area (Å²) < 4.78 is 11.7. The van der Waals surface area contributed by atoms with Crippen molar-refractivity contribution < 1.29 is 14.3 Å². The zero-order valence-corrected chi connectivity index (χ0v) is 20.6. The van der Waals surface area contributed by atoms with E-state index in [1.807, 2.05) is 60.7 Å². The third-order valence-electron chi connectivity index (χ3n) is 5.40. The number of anilines is 1. The summed E-state index contributed by atoms with van der Waals surface area (Å²) in [5.41, 5.74) is 4.11. The van der Waals surface area contributed by atoms with Gasteiger partial charge in [-0.2, -0.15) is 0 Å². The predicted octanol–water partition coefficient (Wildman–Crippen LogP) is 6.88. The molecule has 0 saturated carbocycles. The fourth-order valence-electron chi connectivity index (χ4n) is 3.42. The number of amides is 1. The number of carbonyl (C=O) groups is 1. The van der Waals surface area contributed by atoms with E-state index in [0.29, 0.717) is 12.3 Å². The standard InChI is InChI=1S/C29H35NO3/c1-28(2,3)22-12-17-26(25(18-22)29(4,5)6)33-20-27(31)30-23-13-15-24(16-14-23)32-19-21-10-8-7-9-11-21/h7-18H,19-20H2,1-6H3,(H,30,31). The van der Waals surface area contributed by atoms with Crippen LogP contribution in [-0.2, 0) is 22.2 Å². The number of ether oxygens (including phenoxy) is 2. The van der Waals surface area contributed by atoms with Crippen molar-refractivity contribution in [3.63, 3.8) is 0 Å². The molecule has 0 radical (unpaired) electrons. The van der Waals surface area contributed by atoms with Crippen LogP contribution in [-0.4, -0.2) is 12.5 Å². The van der Waals surface area contributed by atoms with Gasteiger partial charge in [-0.25, -0.2) is 0 Å². The van der Waals surface area contributed by atoms with Gasteiger partial charge in [0, 0.05) is 5.69 Å². The average molecular weight is 446 g/mol. The monoisotopic (exact) mass is 445 g/mol. The van der Waals surface area contributed by atoms with E-state index in [1.54, 1.807) is 0 Å². The summed E-state index contributed by atoms with van der Waals surface area (Å²) in [5.74, 6) is 1.30. The van der Waals surface area contributed by atoms with Gasteiger partial charge < -0.3 is 14.8 Å². The lowest BCUT2D eigenvalue weighted by atomic mass is 9.80. The van der Waals surface area contributed by atoms with E-state index in [1.165, 1.54) is 5.56 Å². The second-order valence-electron chi connectivity index (χ2n) is 10.3. The molecule has 4 heteroatoms. The third kappa shape index (κ3) is 7.11. The van der Waals surface area contributed by atoms with E-state index in [-0.39, 0.29) is 23.3 Å². The minimum Gasteiger partial charge on any atom is -0.489 e. The van der Waals surface area contributed by atoms with Crippen molar-refractivity contribution in [3.05, 3.63) is 89.5 Å². The van der Waals surface area contributed by atoms with Crippen molar-refractivity contribution in [1.82, 2.24) is 0 Å². The Labute approximate surface area is 197 Å². The molecule has 3 aromatic rings. The van der Waals surface area contributed by atoms with Gasteiger partial charge in [-0.15, -0.1) is 0 Å². The van der Waals surface area contributed by atoms with Crippen molar-refractivity contribution in [1.29, 1.82) is 0 Å². The summed E-state index contributed by atoms with van der Waals surface area (Å²) in [7, 11) is 0. The van der Waals surface area contributed by atoms with Crippen LogP contribution in [0.3, 0.4) is 0 Å². The summed E-state index contributed by atoms with van der Waals surface area (Å²) in [6.07, 6.45) is 0. The molecule has 0 fully saturated rings. The molecule has 3 rings (SSSR count). The van der Waals surface area contributed by atoms with E-state index >= 15 is 0 Å². The smallest absolute Gasteiger partial charge is 0.262 e. The van der Waals surface area contributed by atoms with Gasteiger partial charge in [0.2, 0.25) is 0 Å². The number of hydrogen-bond donors (Lipinski definition) is 1. The fourth-order valence-corrected chi connectivity index (χ4v) is 3.42. The Morgan fingerprint density at radius 1 is 0.788 bits per heavy atom. The van der Waals surface area contributed by atoms with Crippen LogP contribution >= 0.6 is 0 Å². The average Bonchev–Trinajstić information content (AvgIpc) is 2.76. The molecule has 1 N–H and O–H groups in total. The molecule has 3 aromatic carbocycles. The largest absolute Gasteiger partial charge is 0.489 e. The molecule has 0 aliphatic rings. The molecule has 0 bridgehead atoms. The second kappa shape index (κ2) is 10.1. The quantitative estimate of drug-likeness (QED) is 0.431. The third-order valence-corrected chi connectivity index (χ3v) is 5.40. The first-order valence-electron chi connectivity index (χ1n) is 11.4. The molecule has 0 atom stereocenters. The van der Waals surface area contributed by atoms with Gasteiger partial charge in [0.15, 0.2) is 6.61 Å². The molecule has 33 heavy (non-hydrogen) atoms. The molecular formula is C29H35NO3. The molecule has 0 saturated heterocycles. The Bertz CT molecular complexity index is 1060. The SMILES string of the molecule is CC(C)(C)c1ccc(OCC(=O)Nc2ccc(OCc3ccccc3)cc2)c(C(C)(C)C)c1. The minimum absolute atomic E-state index is 0.0485. The number of hydrogen-bond acceptors (Lipinski definition) is 3. The first-order chi connectivity index (χ1) is 15.5. The second-order valence-corrected chi connectivity index (χ2v) is 10.3. The molecule has 174 valence electrons. The molecule has 0 aliphatic heterocycles.